The van der Waals surface area contributed by atoms with Gasteiger partial charge in [-0.2, -0.15) is 0 Å². The van der Waals surface area contributed by atoms with Crippen molar-refractivity contribution < 1.29 is 10.0 Å². The lowest BCUT2D eigenvalue weighted by Gasteiger charge is -2.04. The first kappa shape index (κ1) is 12.4. The number of nitrogens with zero attached hydrogens (tertiary/aromatic N) is 2. The fraction of sp³-hybridized carbons (Fsp3) is 0. The average molecular weight is 287 g/mol. The number of nitrogen functional groups attached to an aromatic ring is 1. The van der Waals surface area contributed by atoms with Crippen LogP contribution in [0.15, 0.2) is 36.4 Å². The summed E-state index contributed by atoms with van der Waals surface area (Å²) in [6.45, 7) is 0. The zero-order valence-corrected chi connectivity index (χ0v) is 10.9. The monoisotopic (exact) mass is 287 g/mol. The van der Waals surface area contributed by atoms with Crippen LogP contribution in [-0.4, -0.2) is 15.0 Å². The number of para-hydroxylation sites is 1. The molecule has 0 bridgehead atoms. The predicted octanol–water partition coefficient (Wildman–Crippen LogP) is 3.16. The van der Waals surface area contributed by atoms with Crippen molar-refractivity contribution in [3.05, 3.63) is 46.5 Å². The van der Waals surface area contributed by atoms with E-state index in [9.17, 15) is 15.2 Å². The van der Waals surface area contributed by atoms with E-state index in [4.69, 9.17) is 5.73 Å². The number of phenols is 1. The van der Waals surface area contributed by atoms with Gasteiger partial charge in [-0.1, -0.05) is 12.1 Å². The van der Waals surface area contributed by atoms with Crippen LogP contribution >= 0.6 is 11.3 Å². The molecule has 0 aliphatic carbocycles. The standard InChI is InChI=1S/C13H9N3O3S/c14-8-5-7(16(18)19)6-10(17)12(8)13-15-9-3-1-2-4-11(9)20-13/h1-6,17H,14H2. The zero-order chi connectivity index (χ0) is 14.3. The largest absolute Gasteiger partial charge is 0.507 e. The van der Waals surface area contributed by atoms with Gasteiger partial charge in [0, 0.05) is 6.07 Å². The van der Waals surface area contributed by atoms with Crippen molar-refractivity contribution in [3.63, 3.8) is 0 Å². The van der Waals surface area contributed by atoms with Gasteiger partial charge < -0.3 is 10.8 Å². The average Bonchev–Trinajstić information content (AvgIpc) is 2.80. The van der Waals surface area contributed by atoms with Gasteiger partial charge in [-0.3, -0.25) is 10.1 Å². The molecule has 0 unspecified atom stereocenters. The summed E-state index contributed by atoms with van der Waals surface area (Å²) in [6.07, 6.45) is 0. The smallest absolute Gasteiger partial charge is 0.275 e. The van der Waals surface area contributed by atoms with Crippen LogP contribution in [0.4, 0.5) is 11.4 Å². The summed E-state index contributed by atoms with van der Waals surface area (Å²) in [7, 11) is 0. The Kier molecular flexibility index (Phi) is 2.76. The van der Waals surface area contributed by atoms with Gasteiger partial charge >= 0.3 is 0 Å². The number of phenolic OH excluding ortho intramolecular Hbond substituents is 1. The molecule has 3 aromatic rings. The predicted molar refractivity (Wildman–Crippen MR) is 77.8 cm³/mol. The fourth-order valence-electron chi connectivity index (χ4n) is 1.95. The lowest BCUT2D eigenvalue weighted by atomic mass is 10.1. The molecule has 0 fully saturated rings. The summed E-state index contributed by atoms with van der Waals surface area (Å²) in [5, 5.41) is 21.2. The van der Waals surface area contributed by atoms with Crippen molar-refractivity contribution in [2.45, 2.75) is 0 Å². The molecule has 0 aliphatic heterocycles. The first-order valence-electron chi connectivity index (χ1n) is 5.69. The van der Waals surface area contributed by atoms with Crippen LogP contribution in [0.2, 0.25) is 0 Å². The summed E-state index contributed by atoms with van der Waals surface area (Å²) in [5.41, 5.74) is 6.83. The Morgan fingerprint density at radius 3 is 2.70 bits per heavy atom. The number of nitro groups is 1. The maximum Gasteiger partial charge on any atom is 0.275 e. The van der Waals surface area contributed by atoms with Crippen LogP contribution in [0.5, 0.6) is 5.75 Å². The summed E-state index contributed by atoms with van der Waals surface area (Å²) in [5.74, 6) is -0.240. The Morgan fingerprint density at radius 2 is 2.05 bits per heavy atom. The minimum atomic E-state index is -0.599. The SMILES string of the molecule is Nc1cc([N+](=O)[O-])cc(O)c1-c1nc2ccccc2s1. The number of nitrogens with two attached hydrogens (primary N) is 1. The summed E-state index contributed by atoms with van der Waals surface area (Å²) >= 11 is 1.37. The number of rotatable bonds is 2. The second-order valence-electron chi connectivity index (χ2n) is 4.17. The molecule has 20 heavy (non-hydrogen) atoms. The highest BCUT2D eigenvalue weighted by Gasteiger charge is 2.18. The van der Waals surface area contributed by atoms with Crippen molar-refractivity contribution in [1.29, 1.82) is 0 Å². The molecule has 1 heterocycles. The van der Waals surface area contributed by atoms with Crippen LogP contribution in [0.3, 0.4) is 0 Å². The third-order valence-corrected chi connectivity index (χ3v) is 3.91. The number of hydrogen-bond donors (Lipinski definition) is 2. The van der Waals surface area contributed by atoms with Crippen molar-refractivity contribution in [2.75, 3.05) is 5.73 Å². The molecule has 3 N–H and O–H groups in total. The Labute approximate surface area is 117 Å². The molecule has 1 aromatic heterocycles. The molecule has 7 heteroatoms. The Hall–Kier alpha value is -2.67. The molecule has 0 aliphatic rings. The number of thiazole rings is 1. The normalized spacial score (nSPS) is 10.8. The van der Waals surface area contributed by atoms with E-state index < -0.39 is 4.92 Å². The number of fused-ring (bicyclic) bond motifs is 1. The van der Waals surface area contributed by atoms with E-state index in [1.54, 1.807) is 0 Å². The number of nitro benzene ring substituents is 1. The molecule has 0 saturated heterocycles. The summed E-state index contributed by atoms with van der Waals surface area (Å²) in [6, 6.07) is 9.83. The molecule has 0 atom stereocenters. The van der Waals surface area contributed by atoms with Crippen molar-refractivity contribution in [2.24, 2.45) is 0 Å². The number of anilines is 1. The first-order chi connectivity index (χ1) is 9.56. The second-order valence-corrected chi connectivity index (χ2v) is 5.20. The molecule has 0 radical (unpaired) electrons. The van der Waals surface area contributed by atoms with Crippen molar-refractivity contribution in [3.8, 4) is 16.3 Å². The van der Waals surface area contributed by atoms with E-state index >= 15 is 0 Å². The number of aromatic hydroxyl groups is 1. The van der Waals surface area contributed by atoms with Gasteiger partial charge in [0.05, 0.1) is 32.5 Å². The van der Waals surface area contributed by atoms with Crippen molar-refractivity contribution >= 4 is 32.9 Å². The van der Waals surface area contributed by atoms with Crippen LogP contribution in [0.1, 0.15) is 0 Å². The van der Waals surface area contributed by atoms with E-state index in [1.165, 1.54) is 17.4 Å². The third-order valence-electron chi connectivity index (χ3n) is 2.85. The first-order valence-corrected chi connectivity index (χ1v) is 6.51. The summed E-state index contributed by atoms with van der Waals surface area (Å²) in [4.78, 5) is 14.5. The van der Waals surface area contributed by atoms with E-state index in [0.717, 1.165) is 16.3 Å². The zero-order valence-electron chi connectivity index (χ0n) is 10.1. The highest BCUT2D eigenvalue weighted by atomic mass is 32.1. The van der Waals surface area contributed by atoms with Crippen molar-refractivity contribution in [1.82, 2.24) is 4.98 Å². The van der Waals surface area contributed by atoms with E-state index in [2.05, 4.69) is 4.98 Å². The van der Waals surface area contributed by atoms with Gasteiger partial charge in [0.2, 0.25) is 0 Å². The minimum Gasteiger partial charge on any atom is -0.507 e. The number of aromatic nitrogens is 1. The van der Waals surface area contributed by atoms with Gasteiger partial charge in [-0.25, -0.2) is 4.98 Å². The minimum absolute atomic E-state index is 0.135. The second kappa shape index (κ2) is 4.46. The molecule has 0 amide bonds. The lowest BCUT2D eigenvalue weighted by Crippen LogP contribution is -1.94. The lowest BCUT2D eigenvalue weighted by molar-refractivity contribution is -0.384. The van der Waals surface area contributed by atoms with Crippen LogP contribution in [0, 0.1) is 10.1 Å². The van der Waals surface area contributed by atoms with Crippen LogP contribution in [-0.2, 0) is 0 Å². The number of hydrogen-bond acceptors (Lipinski definition) is 6. The third kappa shape index (κ3) is 1.94. The molecule has 2 aromatic carbocycles. The van der Waals surface area contributed by atoms with E-state index in [1.807, 2.05) is 24.3 Å². The quantitative estimate of drug-likeness (QED) is 0.428. The number of non-ortho nitro benzene ring substituents is 1. The Balaban J connectivity index is 2.21. The van der Waals surface area contributed by atoms with Crippen LogP contribution < -0.4 is 5.73 Å². The maximum absolute atomic E-state index is 10.7. The Morgan fingerprint density at radius 1 is 1.30 bits per heavy atom. The molecule has 0 spiro atoms. The number of benzene rings is 2. The molecule has 6 nitrogen and oxygen atoms in total. The van der Waals surface area contributed by atoms with Gasteiger partial charge in [0.15, 0.2) is 0 Å². The Bertz CT molecular complexity index is 773. The summed E-state index contributed by atoms with van der Waals surface area (Å²) < 4.78 is 0.958. The molecule has 100 valence electrons. The molecular formula is C13H9N3O3S. The van der Waals surface area contributed by atoms with Gasteiger partial charge in [-0.15, -0.1) is 11.3 Å². The van der Waals surface area contributed by atoms with Gasteiger partial charge in [-0.05, 0) is 12.1 Å². The van der Waals surface area contributed by atoms with Gasteiger partial charge in [0.25, 0.3) is 5.69 Å². The van der Waals surface area contributed by atoms with Gasteiger partial charge in [0.1, 0.15) is 10.8 Å². The highest BCUT2D eigenvalue weighted by Crippen LogP contribution is 2.41. The molecular weight excluding hydrogens is 278 g/mol. The topological polar surface area (TPSA) is 102 Å². The fourth-order valence-corrected chi connectivity index (χ4v) is 2.99. The molecule has 0 saturated carbocycles. The maximum atomic E-state index is 10.7. The molecule has 3 rings (SSSR count). The van der Waals surface area contributed by atoms with E-state index in [-0.39, 0.29) is 17.1 Å². The highest BCUT2D eigenvalue weighted by molar-refractivity contribution is 7.21. The van der Waals surface area contributed by atoms with E-state index in [0.29, 0.717) is 10.6 Å². The van der Waals surface area contributed by atoms with Crippen LogP contribution in [0.25, 0.3) is 20.8 Å².